The molecule has 0 atom stereocenters. The van der Waals surface area contributed by atoms with E-state index in [1.54, 1.807) is 6.20 Å². The number of aromatic nitrogens is 3. The van der Waals surface area contributed by atoms with Crippen LogP contribution in [0.25, 0.3) is 11.2 Å². The van der Waals surface area contributed by atoms with Gasteiger partial charge in [0.05, 0.1) is 6.20 Å². The lowest BCUT2D eigenvalue weighted by molar-refractivity contribution is 0.0699. The van der Waals surface area contributed by atoms with Crippen LogP contribution in [0.3, 0.4) is 0 Å². The molecule has 19 heavy (non-hydrogen) atoms. The summed E-state index contributed by atoms with van der Waals surface area (Å²) in [6.07, 6.45) is 5.10. The molecule has 0 unspecified atom stereocenters. The number of nitrogens with one attached hydrogen (secondary N) is 3. The molecule has 0 aliphatic carbocycles. The normalized spacial score (nSPS) is 16.6. The standard InChI is InChI=1S/C12H15N5O2/c18-12(19)8-5-14-11-10(8)17-9(6-15-11)16-7-1-3-13-4-2-7/h5-7,13H,1-4H2,(H,14,15)(H,16,17)(H,18,19). The lowest BCUT2D eigenvalue weighted by atomic mass is 10.1. The van der Waals surface area contributed by atoms with Crippen LogP contribution in [0.15, 0.2) is 12.4 Å². The zero-order valence-corrected chi connectivity index (χ0v) is 10.3. The summed E-state index contributed by atoms with van der Waals surface area (Å²) in [4.78, 5) is 22.4. The van der Waals surface area contributed by atoms with Crippen molar-refractivity contribution in [3.63, 3.8) is 0 Å². The third kappa shape index (κ3) is 2.37. The molecular formula is C12H15N5O2. The minimum Gasteiger partial charge on any atom is -0.478 e. The Morgan fingerprint density at radius 1 is 1.42 bits per heavy atom. The first-order valence-electron chi connectivity index (χ1n) is 6.29. The highest BCUT2D eigenvalue weighted by Crippen LogP contribution is 2.17. The molecule has 3 heterocycles. The van der Waals surface area contributed by atoms with Gasteiger partial charge in [-0.1, -0.05) is 0 Å². The minimum atomic E-state index is -1.00. The van der Waals surface area contributed by atoms with Gasteiger partial charge in [0.25, 0.3) is 0 Å². The second-order valence-electron chi connectivity index (χ2n) is 4.63. The Morgan fingerprint density at radius 2 is 2.21 bits per heavy atom. The Bertz CT molecular complexity index is 603. The molecule has 7 nitrogen and oxygen atoms in total. The first-order chi connectivity index (χ1) is 9.24. The Morgan fingerprint density at radius 3 is 2.95 bits per heavy atom. The summed E-state index contributed by atoms with van der Waals surface area (Å²) >= 11 is 0. The highest BCUT2D eigenvalue weighted by Gasteiger charge is 2.16. The summed E-state index contributed by atoms with van der Waals surface area (Å²) in [6.45, 7) is 1.97. The van der Waals surface area contributed by atoms with Crippen molar-refractivity contribution in [1.29, 1.82) is 0 Å². The van der Waals surface area contributed by atoms with Crippen molar-refractivity contribution >= 4 is 23.0 Å². The quantitative estimate of drug-likeness (QED) is 0.652. The molecule has 1 saturated heterocycles. The van der Waals surface area contributed by atoms with Gasteiger partial charge in [-0.05, 0) is 25.9 Å². The second kappa shape index (κ2) is 4.85. The van der Waals surface area contributed by atoms with E-state index >= 15 is 0 Å². The van der Waals surface area contributed by atoms with E-state index in [-0.39, 0.29) is 5.56 Å². The highest BCUT2D eigenvalue weighted by atomic mass is 16.4. The smallest absolute Gasteiger partial charge is 0.339 e. The zero-order chi connectivity index (χ0) is 13.2. The van der Waals surface area contributed by atoms with Crippen molar-refractivity contribution in [3.8, 4) is 0 Å². The molecule has 0 amide bonds. The van der Waals surface area contributed by atoms with Gasteiger partial charge >= 0.3 is 5.97 Å². The number of nitrogens with zero attached hydrogens (tertiary/aromatic N) is 2. The Hall–Kier alpha value is -2.15. The number of aromatic carboxylic acids is 1. The Kier molecular flexibility index (Phi) is 3.04. The number of fused-ring (bicyclic) bond motifs is 1. The molecule has 1 fully saturated rings. The SMILES string of the molecule is O=C(O)c1c[nH]c2ncc(NC3CCNCC3)nc12. The molecule has 4 N–H and O–H groups in total. The van der Waals surface area contributed by atoms with Crippen LogP contribution in [0, 0.1) is 0 Å². The van der Waals surface area contributed by atoms with Crippen LogP contribution in [0.4, 0.5) is 5.82 Å². The maximum Gasteiger partial charge on any atom is 0.339 e. The third-order valence-electron chi connectivity index (χ3n) is 3.30. The third-order valence-corrected chi connectivity index (χ3v) is 3.30. The van der Waals surface area contributed by atoms with Crippen molar-refractivity contribution in [3.05, 3.63) is 18.0 Å². The van der Waals surface area contributed by atoms with E-state index < -0.39 is 5.97 Å². The number of H-pyrrole nitrogens is 1. The predicted octanol–water partition coefficient (Wildman–Crippen LogP) is 0.820. The van der Waals surface area contributed by atoms with Gasteiger partial charge in [0.15, 0.2) is 5.65 Å². The number of anilines is 1. The largest absolute Gasteiger partial charge is 0.478 e. The molecule has 0 radical (unpaired) electrons. The molecule has 0 bridgehead atoms. The molecule has 0 spiro atoms. The maximum absolute atomic E-state index is 11.1. The van der Waals surface area contributed by atoms with Gasteiger partial charge in [-0.3, -0.25) is 0 Å². The van der Waals surface area contributed by atoms with E-state index in [4.69, 9.17) is 5.11 Å². The number of aromatic amines is 1. The van der Waals surface area contributed by atoms with E-state index in [2.05, 4.69) is 25.6 Å². The average molecular weight is 261 g/mol. The fraction of sp³-hybridized carbons (Fsp3) is 0.417. The van der Waals surface area contributed by atoms with Crippen LogP contribution in [0.2, 0.25) is 0 Å². The van der Waals surface area contributed by atoms with Gasteiger partial charge in [0.2, 0.25) is 0 Å². The van der Waals surface area contributed by atoms with E-state index in [0.29, 0.717) is 23.0 Å². The molecular weight excluding hydrogens is 246 g/mol. The number of hydrogen-bond donors (Lipinski definition) is 4. The minimum absolute atomic E-state index is 0.150. The highest BCUT2D eigenvalue weighted by molar-refractivity contribution is 6.00. The molecule has 2 aromatic rings. The van der Waals surface area contributed by atoms with E-state index in [9.17, 15) is 4.79 Å². The van der Waals surface area contributed by atoms with E-state index in [1.165, 1.54) is 6.20 Å². The van der Waals surface area contributed by atoms with Gasteiger partial charge in [-0.15, -0.1) is 0 Å². The number of carboxylic acid groups (broad SMARTS) is 1. The van der Waals surface area contributed by atoms with Crippen molar-refractivity contribution in [1.82, 2.24) is 20.3 Å². The summed E-state index contributed by atoms with van der Waals surface area (Å²) in [6, 6.07) is 0.361. The van der Waals surface area contributed by atoms with Crippen molar-refractivity contribution < 1.29 is 9.90 Å². The molecule has 7 heteroatoms. The molecule has 3 rings (SSSR count). The number of hydrogen-bond acceptors (Lipinski definition) is 5. The average Bonchev–Trinajstić information content (AvgIpc) is 2.83. The van der Waals surface area contributed by atoms with Crippen LogP contribution in [-0.4, -0.2) is 45.2 Å². The van der Waals surface area contributed by atoms with Gasteiger partial charge < -0.3 is 20.7 Å². The molecule has 1 aliphatic heterocycles. The molecule has 1 aliphatic rings. The molecule has 2 aromatic heterocycles. The molecule has 0 aromatic carbocycles. The fourth-order valence-corrected chi connectivity index (χ4v) is 2.30. The summed E-state index contributed by atoms with van der Waals surface area (Å²) < 4.78 is 0. The lowest BCUT2D eigenvalue weighted by Gasteiger charge is -2.23. The van der Waals surface area contributed by atoms with Gasteiger partial charge in [0.1, 0.15) is 16.9 Å². The summed E-state index contributed by atoms with van der Waals surface area (Å²) in [7, 11) is 0. The number of carboxylic acids is 1. The van der Waals surface area contributed by atoms with Crippen LogP contribution >= 0.6 is 0 Å². The predicted molar refractivity (Wildman–Crippen MR) is 70.4 cm³/mol. The Labute approximate surface area is 109 Å². The van der Waals surface area contributed by atoms with Crippen LogP contribution in [0.5, 0.6) is 0 Å². The van der Waals surface area contributed by atoms with Crippen LogP contribution in [-0.2, 0) is 0 Å². The first-order valence-corrected chi connectivity index (χ1v) is 6.29. The van der Waals surface area contributed by atoms with Crippen molar-refractivity contribution in [2.45, 2.75) is 18.9 Å². The van der Waals surface area contributed by atoms with Crippen molar-refractivity contribution in [2.24, 2.45) is 0 Å². The maximum atomic E-state index is 11.1. The molecule has 100 valence electrons. The lowest BCUT2D eigenvalue weighted by Crippen LogP contribution is -2.35. The van der Waals surface area contributed by atoms with E-state index in [0.717, 1.165) is 25.9 Å². The van der Waals surface area contributed by atoms with E-state index in [1.807, 2.05) is 0 Å². The zero-order valence-electron chi connectivity index (χ0n) is 10.3. The summed E-state index contributed by atoms with van der Waals surface area (Å²) in [5.74, 6) is -0.374. The van der Waals surface area contributed by atoms with Gasteiger partial charge in [-0.2, -0.15) is 0 Å². The summed E-state index contributed by atoms with van der Waals surface area (Å²) in [5, 5.41) is 15.7. The van der Waals surface area contributed by atoms with Crippen LogP contribution < -0.4 is 10.6 Å². The monoisotopic (exact) mass is 261 g/mol. The number of carbonyl (C=O) groups is 1. The van der Waals surface area contributed by atoms with Gasteiger partial charge in [0, 0.05) is 12.2 Å². The van der Waals surface area contributed by atoms with Crippen molar-refractivity contribution in [2.75, 3.05) is 18.4 Å². The molecule has 0 saturated carbocycles. The number of piperidine rings is 1. The van der Waals surface area contributed by atoms with Gasteiger partial charge in [-0.25, -0.2) is 14.8 Å². The summed E-state index contributed by atoms with van der Waals surface area (Å²) in [5.41, 5.74) is 1.04. The number of rotatable bonds is 3. The van der Waals surface area contributed by atoms with Crippen LogP contribution in [0.1, 0.15) is 23.2 Å². The topological polar surface area (TPSA) is 103 Å². The fourth-order valence-electron chi connectivity index (χ4n) is 2.30. The Balaban J connectivity index is 1.87. The first kappa shape index (κ1) is 11.9. The second-order valence-corrected chi connectivity index (χ2v) is 4.63.